The number of carbonyl (C=O) groups excluding carboxylic acids is 1. The van der Waals surface area contributed by atoms with Crippen molar-refractivity contribution in [2.45, 2.75) is 51.1 Å². The van der Waals surface area contributed by atoms with E-state index < -0.39 is 0 Å². The molecular weight excluding hydrogens is 300 g/mol. The zero-order valence-corrected chi connectivity index (χ0v) is 14.7. The highest BCUT2D eigenvalue weighted by atomic mass is 16.2. The van der Waals surface area contributed by atoms with Crippen molar-refractivity contribution in [2.75, 3.05) is 19.6 Å². The summed E-state index contributed by atoms with van der Waals surface area (Å²) >= 11 is 0. The average Bonchev–Trinajstić information content (AvgIpc) is 3.22. The molecule has 1 aromatic rings. The molecule has 5 heteroatoms. The van der Waals surface area contributed by atoms with Crippen LogP contribution in [0.25, 0.3) is 0 Å². The van der Waals surface area contributed by atoms with Gasteiger partial charge in [0.1, 0.15) is 0 Å². The number of rotatable bonds is 5. The number of guanidine groups is 1. The molecule has 0 bridgehead atoms. The number of hydrogen-bond acceptors (Lipinski definition) is 2. The lowest BCUT2D eigenvalue weighted by Crippen LogP contribution is -2.46. The Morgan fingerprint density at radius 2 is 2.04 bits per heavy atom. The minimum Gasteiger partial charge on any atom is -0.353 e. The molecule has 3 unspecified atom stereocenters. The maximum absolute atomic E-state index is 11.8. The van der Waals surface area contributed by atoms with Crippen LogP contribution in [0.3, 0.4) is 0 Å². The van der Waals surface area contributed by atoms with Gasteiger partial charge in [0.15, 0.2) is 5.96 Å². The maximum atomic E-state index is 11.8. The van der Waals surface area contributed by atoms with Crippen LogP contribution in [0, 0.1) is 0 Å². The Labute approximate surface area is 144 Å². The largest absolute Gasteiger partial charge is 0.353 e. The Balaban J connectivity index is 1.52. The summed E-state index contributed by atoms with van der Waals surface area (Å²) in [6, 6.07) is 11.4. The van der Waals surface area contributed by atoms with E-state index >= 15 is 0 Å². The smallest absolute Gasteiger partial charge is 0.222 e. The van der Waals surface area contributed by atoms with E-state index in [9.17, 15) is 4.79 Å². The fourth-order valence-electron chi connectivity index (χ4n) is 3.41. The van der Waals surface area contributed by atoms with E-state index in [-0.39, 0.29) is 5.91 Å². The standard InChI is InChI=1S/C19H28N4O/c1-3-18(24)23-11-10-15(13-23)21-19(20-4-2)22-17-12-16(17)14-8-6-5-7-9-14/h5-9,15-17H,3-4,10-13H2,1-2H3,(H2,20,21,22). The van der Waals surface area contributed by atoms with E-state index in [1.165, 1.54) is 5.56 Å². The molecule has 24 heavy (non-hydrogen) atoms. The second-order valence-corrected chi connectivity index (χ2v) is 6.65. The van der Waals surface area contributed by atoms with E-state index in [1.54, 1.807) is 0 Å². The number of hydrogen-bond donors (Lipinski definition) is 2. The number of carbonyl (C=O) groups is 1. The quantitative estimate of drug-likeness (QED) is 0.643. The SMILES string of the molecule is CCN=C(NC1CCN(C(=O)CC)C1)NC1CC1c1ccccc1. The Morgan fingerprint density at radius 1 is 1.25 bits per heavy atom. The fraction of sp³-hybridized carbons (Fsp3) is 0.579. The van der Waals surface area contributed by atoms with Crippen molar-refractivity contribution in [3.05, 3.63) is 35.9 Å². The van der Waals surface area contributed by atoms with Crippen molar-refractivity contribution >= 4 is 11.9 Å². The van der Waals surface area contributed by atoms with Gasteiger partial charge in [0.05, 0.1) is 0 Å². The zero-order chi connectivity index (χ0) is 16.9. The van der Waals surface area contributed by atoms with E-state index in [1.807, 2.05) is 18.7 Å². The summed E-state index contributed by atoms with van der Waals surface area (Å²) in [5.74, 6) is 1.71. The van der Waals surface area contributed by atoms with Gasteiger partial charge in [-0.2, -0.15) is 0 Å². The molecule has 0 spiro atoms. The summed E-state index contributed by atoms with van der Waals surface area (Å²) in [6.07, 6.45) is 2.73. The lowest BCUT2D eigenvalue weighted by Gasteiger charge is -2.19. The molecule has 1 saturated heterocycles. The van der Waals surface area contributed by atoms with Crippen molar-refractivity contribution in [3.63, 3.8) is 0 Å². The van der Waals surface area contributed by atoms with Gasteiger partial charge in [0.2, 0.25) is 5.91 Å². The van der Waals surface area contributed by atoms with Crippen LogP contribution in [0.1, 0.15) is 44.6 Å². The van der Waals surface area contributed by atoms with Crippen LogP contribution in [0.15, 0.2) is 35.3 Å². The topological polar surface area (TPSA) is 56.7 Å². The highest BCUT2D eigenvalue weighted by molar-refractivity contribution is 5.81. The molecule has 1 saturated carbocycles. The number of nitrogens with one attached hydrogen (secondary N) is 2. The Morgan fingerprint density at radius 3 is 2.75 bits per heavy atom. The van der Waals surface area contributed by atoms with Crippen LogP contribution in [-0.2, 0) is 4.79 Å². The minimum absolute atomic E-state index is 0.243. The normalized spacial score (nSPS) is 26.3. The second kappa shape index (κ2) is 7.69. The minimum atomic E-state index is 0.243. The van der Waals surface area contributed by atoms with Crippen LogP contribution in [0.2, 0.25) is 0 Å². The Kier molecular flexibility index (Phi) is 5.38. The first-order chi connectivity index (χ1) is 11.7. The molecule has 1 aliphatic carbocycles. The van der Waals surface area contributed by atoms with Crippen LogP contribution in [0.5, 0.6) is 0 Å². The van der Waals surface area contributed by atoms with Gasteiger partial charge in [0, 0.05) is 44.1 Å². The van der Waals surface area contributed by atoms with Gasteiger partial charge in [-0.25, -0.2) is 0 Å². The number of benzene rings is 1. The van der Waals surface area contributed by atoms with Crippen molar-refractivity contribution in [1.82, 2.24) is 15.5 Å². The van der Waals surface area contributed by atoms with E-state index in [4.69, 9.17) is 0 Å². The second-order valence-electron chi connectivity index (χ2n) is 6.65. The number of nitrogens with zero attached hydrogens (tertiary/aromatic N) is 2. The third kappa shape index (κ3) is 4.08. The molecule has 1 aromatic carbocycles. The molecule has 1 heterocycles. The first-order valence-electron chi connectivity index (χ1n) is 9.11. The molecule has 3 rings (SSSR count). The van der Waals surface area contributed by atoms with Gasteiger partial charge in [-0.1, -0.05) is 37.3 Å². The van der Waals surface area contributed by atoms with Gasteiger partial charge in [-0.05, 0) is 25.3 Å². The summed E-state index contributed by atoms with van der Waals surface area (Å²) < 4.78 is 0. The molecule has 2 fully saturated rings. The maximum Gasteiger partial charge on any atom is 0.222 e. The van der Waals surface area contributed by atoms with Crippen LogP contribution < -0.4 is 10.6 Å². The van der Waals surface area contributed by atoms with E-state index in [0.29, 0.717) is 24.4 Å². The molecule has 130 valence electrons. The van der Waals surface area contributed by atoms with Gasteiger partial charge in [0.25, 0.3) is 0 Å². The third-order valence-corrected chi connectivity index (χ3v) is 4.84. The van der Waals surface area contributed by atoms with Gasteiger partial charge in [-0.15, -0.1) is 0 Å². The molecule has 0 radical (unpaired) electrons. The Bertz CT molecular complexity index is 586. The zero-order valence-electron chi connectivity index (χ0n) is 14.7. The van der Waals surface area contributed by atoms with Crippen LogP contribution >= 0.6 is 0 Å². The molecule has 0 aromatic heterocycles. The predicted octanol–water partition coefficient (Wildman–Crippen LogP) is 2.11. The molecule has 2 aliphatic rings. The van der Waals surface area contributed by atoms with E-state index in [2.05, 4.69) is 46.0 Å². The molecule has 5 nitrogen and oxygen atoms in total. The summed E-state index contributed by atoms with van der Waals surface area (Å²) in [5, 5.41) is 7.07. The number of likely N-dealkylation sites (tertiary alicyclic amines) is 1. The third-order valence-electron chi connectivity index (χ3n) is 4.84. The molecule has 1 amide bonds. The summed E-state index contributed by atoms with van der Waals surface area (Å²) in [6.45, 7) is 6.35. The van der Waals surface area contributed by atoms with Crippen molar-refractivity contribution < 1.29 is 4.79 Å². The van der Waals surface area contributed by atoms with E-state index in [0.717, 1.165) is 38.4 Å². The molecule has 1 aliphatic heterocycles. The van der Waals surface area contributed by atoms with Crippen molar-refractivity contribution in [1.29, 1.82) is 0 Å². The van der Waals surface area contributed by atoms with Crippen LogP contribution in [-0.4, -0.2) is 48.5 Å². The van der Waals surface area contributed by atoms with Crippen molar-refractivity contribution in [3.8, 4) is 0 Å². The lowest BCUT2D eigenvalue weighted by molar-refractivity contribution is -0.129. The molecular formula is C19H28N4O. The lowest BCUT2D eigenvalue weighted by atomic mass is 10.1. The Hall–Kier alpha value is -2.04. The highest BCUT2D eigenvalue weighted by Crippen LogP contribution is 2.40. The van der Waals surface area contributed by atoms with Gasteiger partial charge >= 0.3 is 0 Å². The number of aliphatic imine (C=N–C) groups is 1. The molecule has 2 N–H and O–H groups in total. The number of amides is 1. The summed E-state index contributed by atoms with van der Waals surface area (Å²) in [7, 11) is 0. The monoisotopic (exact) mass is 328 g/mol. The average molecular weight is 328 g/mol. The van der Waals surface area contributed by atoms with Gasteiger partial charge in [-0.3, -0.25) is 9.79 Å². The van der Waals surface area contributed by atoms with Gasteiger partial charge < -0.3 is 15.5 Å². The highest BCUT2D eigenvalue weighted by Gasteiger charge is 2.39. The fourth-order valence-corrected chi connectivity index (χ4v) is 3.41. The predicted molar refractivity (Wildman–Crippen MR) is 97.1 cm³/mol. The molecule has 3 atom stereocenters. The first-order valence-corrected chi connectivity index (χ1v) is 9.11. The van der Waals surface area contributed by atoms with Crippen LogP contribution in [0.4, 0.5) is 0 Å². The first kappa shape index (κ1) is 16.8. The van der Waals surface area contributed by atoms with Crippen molar-refractivity contribution in [2.24, 2.45) is 4.99 Å². The summed E-state index contributed by atoms with van der Waals surface area (Å²) in [4.78, 5) is 18.3. The summed E-state index contributed by atoms with van der Waals surface area (Å²) in [5.41, 5.74) is 1.39.